The second-order valence-electron chi connectivity index (χ2n) is 11.2. The number of carbonyl (C=O) groups is 1. The Labute approximate surface area is 239 Å². The molecule has 1 aromatic heterocycles. The fourth-order valence-electron chi connectivity index (χ4n) is 5.66. The molecule has 2 saturated heterocycles. The first-order valence-corrected chi connectivity index (χ1v) is 14.4. The molecule has 3 N–H and O–H groups in total. The fourth-order valence-corrected chi connectivity index (χ4v) is 5.66. The Hall–Kier alpha value is -3.95. The van der Waals surface area contributed by atoms with E-state index in [0.29, 0.717) is 31.0 Å². The van der Waals surface area contributed by atoms with Gasteiger partial charge in [0.15, 0.2) is 5.82 Å². The number of aryl methyl sites for hydroxylation is 1. The topological polar surface area (TPSA) is 85.5 Å². The molecule has 3 heterocycles. The highest BCUT2D eigenvalue weighted by Gasteiger charge is 2.22. The van der Waals surface area contributed by atoms with Crippen LogP contribution in [0.4, 0.5) is 21.6 Å². The average Bonchev–Trinajstić information content (AvgIpc) is 3.37. The van der Waals surface area contributed by atoms with Gasteiger partial charge < -0.3 is 25.2 Å². The Balaban J connectivity index is 1.26. The van der Waals surface area contributed by atoms with Gasteiger partial charge in [-0.2, -0.15) is 5.10 Å². The van der Waals surface area contributed by atoms with Crippen LogP contribution in [0.25, 0.3) is 10.9 Å². The van der Waals surface area contributed by atoms with Crippen molar-refractivity contribution in [3.05, 3.63) is 82.7 Å². The first-order valence-electron chi connectivity index (χ1n) is 14.4. The third-order valence-corrected chi connectivity index (χ3v) is 8.26. The summed E-state index contributed by atoms with van der Waals surface area (Å²) in [5, 5.41) is 15.0. The minimum atomic E-state index is -0.244. The van der Waals surface area contributed by atoms with E-state index in [4.69, 9.17) is 4.74 Å². The predicted molar refractivity (Wildman–Crippen MR) is 162 cm³/mol. The van der Waals surface area contributed by atoms with Crippen molar-refractivity contribution in [2.45, 2.75) is 32.2 Å². The van der Waals surface area contributed by atoms with Crippen LogP contribution in [0, 0.1) is 12.7 Å². The van der Waals surface area contributed by atoms with Crippen molar-refractivity contribution in [3.8, 4) is 0 Å². The van der Waals surface area contributed by atoms with Crippen LogP contribution in [0.3, 0.4) is 0 Å². The smallest absolute Gasteiger partial charge is 0.258 e. The number of hydrogen-bond acceptors (Lipinski definition) is 6. The summed E-state index contributed by atoms with van der Waals surface area (Å²) in [5.41, 5.74) is 6.34. The number of rotatable bonds is 7. The third-order valence-electron chi connectivity index (χ3n) is 8.26. The zero-order valence-corrected chi connectivity index (χ0v) is 23.7. The highest BCUT2D eigenvalue weighted by atomic mass is 19.1. The van der Waals surface area contributed by atoms with Crippen LogP contribution in [0.1, 0.15) is 39.9 Å². The fraction of sp³-hybridized carbons (Fsp3) is 0.375. The van der Waals surface area contributed by atoms with Crippen molar-refractivity contribution < 1.29 is 13.9 Å². The van der Waals surface area contributed by atoms with Crippen molar-refractivity contribution in [1.82, 2.24) is 15.1 Å². The molecular weight excluding hydrogens is 519 g/mol. The van der Waals surface area contributed by atoms with Crippen LogP contribution >= 0.6 is 0 Å². The number of benzene rings is 3. The molecule has 4 aromatic rings. The summed E-state index contributed by atoms with van der Waals surface area (Å²) >= 11 is 0. The highest BCUT2D eigenvalue weighted by Crippen LogP contribution is 2.29. The van der Waals surface area contributed by atoms with Gasteiger partial charge in [0.2, 0.25) is 0 Å². The largest absolute Gasteiger partial charge is 0.381 e. The van der Waals surface area contributed by atoms with Crippen molar-refractivity contribution in [2.24, 2.45) is 0 Å². The van der Waals surface area contributed by atoms with E-state index in [2.05, 4.69) is 43.7 Å². The maximum atomic E-state index is 13.9. The molecule has 8 nitrogen and oxygen atoms in total. The van der Waals surface area contributed by atoms with E-state index in [-0.39, 0.29) is 17.8 Å². The number of ether oxygens (including phenoxy) is 1. The molecule has 0 atom stereocenters. The number of aromatic nitrogens is 2. The summed E-state index contributed by atoms with van der Waals surface area (Å²) in [6, 6.07) is 17.1. The second kappa shape index (κ2) is 11.9. The number of amides is 1. The molecule has 0 unspecified atom stereocenters. The highest BCUT2D eigenvalue weighted by molar-refractivity contribution is 6.11. The number of hydrogen-bond donors (Lipinski definition) is 3. The van der Waals surface area contributed by atoms with Crippen LogP contribution < -0.4 is 15.5 Å². The predicted octanol–water partition coefficient (Wildman–Crippen LogP) is 5.20. The SMILES string of the molecule is Cc1ccc(F)cc1Cc1ccc2[nH]nc(NC(=O)c3ccc(N4CCN(C)CC4)cc3NC3CCOCC3)c2c1. The second-order valence-corrected chi connectivity index (χ2v) is 11.2. The van der Waals surface area contributed by atoms with E-state index in [1.807, 2.05) is 37.3 Å². The lowest BCUT2D eigenvalue weighted by atomic mass is 9.99. The number of halogens is 1. The lowest BCUT2D eigenvalue weighted by Gasteiger charge is -2.34. The zero-order valence-electron chi connectivity index (χ0n) is 23.7. The molecule has 2 aliphatic rings. The van der Waals surface area contributed by atoms with Crippen molar-refractivity contribution in [1.29, 1.82) is 0 Å². The van der Waals surface area contributed by atoms with Crippen molar-refractivity contribution in [2.75, 3.05) is 62.0 Å². The molecule has 0 saturated carbocycles. The van der Waals surface area contributed by atoms with Gasteiger partial charge in [-0.1, -0.05) is 12.1 Å². The number of fused-ring (bicyclic) bond motifs is 1. The number of likely N-dealkylation sites (N-methyl/N-ethyl adjacent to an activating group) is 1. The van der Waals surface area contributed by atoms with Gasteiger partial charge in [-0.25, -0.2) is 4.39 Å². The Morgan fingerprint density at radius 3 is 2.66 bits per heavy atom. The summed E-state index contributed by atoms with van der Waals surface area (Å²) in [6.45, 7) is 7.35. The van der Waals surface area contributed by atoms with Gasteiger partial charge in [0.1, 0.15) is 5.82 Å². The third kappa shape index (κ3) is 6.21. The van der Waals surface area contributed by atoms with Gasteiger partial charge in [-0.3, -0.25) is 9.89 Å². The Morgan fingerprint density at radius 2 is 1.85 bits per heavy atom. The van der Waals surface area contributed by atoms with Crippen LogP contribution in [-0.2, 0) is 11.2 Å². The summed E-state index contributed by atoms with van der Waals surface area (Å²) in [4.78, 5) is 18.4. The van der Waals surface area contributed by atoms with E-state index < -0.39 is 0 Å². The molecule has 0 bridgehead atoms. The normalized spacial score (nSPS) is 16.7. The van der Waals surface area contributed by atoms with Crippen LogP contribution in [-0.4, -0.2) is 73.5 Å². The minimum Gasteiger partial charge on any atom is -0.381 e. The quantitative estimate of drug-likeness (QED) is 0.290. The van der Waals surface area contributed by atoms with Gasteiger partial charge in [0.05, 0.1) is 11.1 Å². The van der Waals surface area contributed by atoms with Gasteiger partial charge in [-0.05, 0) is 92.4 Å². The Bertz CT molecular complexity index is 1540. The molecule has 3 aromatic carbocycles. The number of piperazine rings is 1. The lowest BCUT2D eigenvalue weighted by Crippen LogP contribution is -2.44. The number of aromatic amines is 1. The van der Waals surface area contributed by atoms with E-state index in [1.165, 1.54) is 6.07 Å². The van der Waals surface area contributed by atoms with Gasteiger partial charge >= 0.3 is 0 Å². The maximum Gasteiger partial charge on any atom is 0.258 e. The standard InChI is InChI=1S/C32H37FN6O2/c1-21-3-5-24(33)19-23(21)17-22-4-8-29-28(18-22)31(37-36-29)35-32(40)27-7-6-26(39-13-11-38(2)12-14-39)20-30(27)34-25-9-15-41-16-10-25/h3-8,18-20,25,34H,9-17H2,1-2H3,(H2,35,36,37,40). The van der Waals surface area contributed by atoms with Crippen molar-refractivity contribution in [3.63, 3.8) is 0 Å². The van der Waals surface area contributed by atoms with Gasteiger partial charge in [0, 0.05) is 62.2 Å². The molecule has 41 heavy (non-hydrogen) atoms. The number of carbonyl (C=O) groups excluding carboxylic acids is 1. The molecule has 0 radical (unpaired) electrons. The molecular formula is C32H37FN6O2. The molecule has 6 rings (SSSR count). The molecule has 9 heteroatoms. The Morgan fingerprint density at radius 1 is 1.05 bits per heavy atom. The zero-order chi connectivity index (χ0) is 28.3. The maximum absolute atomic E-state index is 13.9. The van der Waals surface area contributed by atoms with E-state index in [1.54, 1.807) is 12.1 Å². The van der Waals surface area contributed by atoms with Crippen molar-refractivity contribution >= 4 is 34.0 Å². The number of H-pyrrole nitrogens is 1. The molecule has 0 spiro atoms. The monoisotopic (exact) mass is 556 g/mol. The Kier molecular flexibility index (Phi) is 7.89. The molecule has 0 aliphatic carbocycles. The number of nitrogens with zero attached hydrogens (tertiary/aromatic N) is 3. The molecule has 2 fully saturated rings. The minimum absolute atomic E-state index is 0.218. The average molecular weight is 557 g/mol. The van der Waals surface area contributed by atoms with Gasteiger partial charge in [0.25, 0.3) is 5.91 Å². The van der Waals surface area contributed by atoms with Crippen LogP contribution in [0.2, 0.25) is 0 Å². The van der Waals surface area contributed by atoms with E-state index in [9.17, 15) is 9.18 Å². The molecule has 2 aliphatic heterocycles. The summed E-state index contributed by atoms with van der Waals surface area (Å²) < 4.78 is 19.4. The van der Waals surface area contributed by atoms with Crippen LogP contribution in [0.5, 0.6) is 0 Å². The number of anilines is 3. The summed E-state index contributed by atoms with van der Waals surface area (Å²) in [5.74, 6) is 0.0130. The first-order chi connectivity index (χ1) is 19.9. The molecule has 214 valence electrons. The molecule has 1 amide bonds. The van der Waals surface area contributed by atoms with Gasteiger partial charge in [-0.15, -0.1) is 0 Å². The van der Waals surface area contributed by atoms with E-state index in [0.717, 1.165) is 78.0 Å². The number of nitrogens with one attached hydrogen (secondary N) is 3. The van der Waals surface area contributed by atoms with E-state index >= 15 is 0 Å². The van der Waals surface area contributed by atoms with Crippen LogP contribution in [0.15, 0.2) is 54.6 Å². The summed E-state index contributed by atoms with van der Waals surface area (Å²) in [6.07, 6.45) is 2.39. The first kappa shape index (κ1) is 27.2. The lowest BCUT2D eigenvalue weighted by molar-refractivity contribution is 0.0904. The summed E-state index contributed by atoms with van der Waals surface area (Å²) in [7, 11) is 2.15.